The Morgan fingerprint density at radius 2 is 2.00 bits per heavy atom. The molecule has 0 radical (unpaired) electrons. The lowest BCUT2D eigenvalue weighted by Gasteiger charge is -2.21. The van der Waals surface area contributed by atoms with Crippen LogP contribution in [0.2, 0.25) is 0 Å². The Labute approximate surface area is 130 Å². The van der Waals surface area contributed by atoms with Crippen molar-refractivity contribution >= 4 is 29.2 Å². The molecule has 0 saturated heterocycles. The summed E-state index contributed by atoms with van der Waals surface area (Å²) in [6.45, 7) is 2.86. The van der Waals surface area contributed by atoms with E-state index in [9.17, 15) is 13.2 Å². The molecule has 0 aromatic carbocycles. The Kier molecular flexibility index (Phi) is 5.92. The largest absolute Gasteiger partial charge is 0.398 e. The van der Waals surface area contributed by atoms with Gasteiger partial charge in [-0.1, -0.05) is 6.92 Å². The smallest absolute Gasteiger partial charge is 0.285 e. The van der Waals surface area contributed by atoms with Crippen LogP contribution in [0.25, 0.3) is 0 Å². The summed E-state index contributed by atoms with van der Waals surface area (Å²) in [5.74, 6) is 0.603. The molecule has 0 bridgehead atoms. The fourth-order valence-electron chi connectivity index (χ4n) is 1.98. The molecule has 1 aliphatic rings. The van der Waals surface area contributed by atoms with Crippen LogP contribution in [0.4, 0.5) is 13.2 Å². The van der Waals surface area contributed by atoms with Gasteiger partial charge in [0.15, 0.2) is 5.82 Å². The normalized spacial score (nSPS) is 19.4. The highest BCUT2D eigenvalue weighted by molar-refractivity contribution is 8.00. The molecular weight excluding hydrogens is 319 g/mol. The molecule has 116 valence electrons. The predicted octanol–water partition coefficient (Wildman–Crippen LogP) is 3.84. The fourth-order valence-corrected chi connectivity index (χ4v) is 3.64. The van der Waals surface area contributed by atoms with Gasteiger partial charge in [-0.05, 0) is 18.6 Å². The van der Waals surface area contributed by atoms with Crippen LogP contribution in [0.15, 0.2) is 22.3 Å². The Bertz CT molecular complexity index is 488. The number of alkyl halides is 3. The molecule has 0 fully saturated rings. The highest BCUT2D eigenvalue weighted by Gasteiger charge is 2.27. The third kappa shape index (κ3) is 5.18. The summed E-state index contributed by atoms with van der Waals surface area (Å²) in [6, 6.07) is 0. The maximum Gasteiger partial charge on any atom is 0.398 e. The first-order chi connectivity index (χ1) is 9.99. The van der Waals surface area contributed by atoms with Gasteiger partial charge in [0.25, 0.3) is 0 Å². The summed E-state index contributed by atoms with van der Waals surface area (Å²) >= 11 is 2.51. The summed E-state index contributed by atoms with van der Waals surface area (Å²) in [5, 5.41) is 0.289. The molecule has 1 atom stereocenters. The zero-order chi connectivity index (χ0) is 15.3. The standard InChI is InChI=1S/C13H16F3N3S2/c1-2-20-10-4-3-5-17-11(10)12-18-6-9(7-19-12)21-8-13(14,15)16/h6-7,10H,2-5,8H2,1H3. The van der Waals surface area contributed by atoms with Crippen molar-refractivity contribution in [2.75, 3.05) is 18.1 Å². The second-order valence-corrected chi connectivity index (χ2v) is 7.03. The molecule has 2 heterocycles. The molecule has 8 heteroatoms. The number of nitrogens with zero attached hydrogens (tertiary/aromatic N) is 3. The van der Waals surface area contributed by atoms with Gasteiger partial charge in [-0.2, -0.15) is 24.9 Å². The van der Waals surface area contributed by atoms with Crippen LogP contribution in [0, 0.1) is 0 Å². The van der Waals surface area contributed by atoms with E-state index in [1.165, 1.54) is 12.4 Å². The second kappa shape index (κ2) is 7.49. The van der Waals surface area contributed by atoms with Crippen LogP contribution in [-0.2, 0) is 0 Å². The zero-order valence-corrected chi connectivity index (χ0v) is 13.2. The predicted molar refractivity (Wildman–Crippen MR) is 81.4 cm³/mol. The molecule has 3 nitrogen and oxygen atoms in total. The van der Waals surface area contributed by atoms with E-state index in [1.807, 2.05) is 11.8 Å². The lowest BCUT2D eigenvalue weighted by molar-refractivity contribution is -0.105. The highest BCUT2D eigenvalue weighted by Crippen LogP contribution is 2.27. The van der Waals surface area contributed by atoms with Crippen molar-refractivity contribution in [3.05, 3.63) is 18.2 Å². The summed E-state index contributed by atoms with van der Waals surface area (Å²) in [7, 11) is 0. The van der Waals surface area contributed by atoms with Crippen molar-refractivity contribution in [3.63, 3.8) is 0 Å². The van der Waals surface area contributed by atoms with Gasteiger partial charge in [0.2, 0.25) is 0 Å². The first-order valence-electron chi connectivity index (χ1n) is 6.67. The topological polar surface area (TPSA) is 38.1 Å². The van der Waals surface area contributed by atoms with Crippen LogP contribution < -0.4 is 0 Å². The number of rotatable bonds is 5. The lowest BCUT2D eigenvalue weighted by atomic mass is 10.1. The van der Waals surface area contributed by atoms with E-state index in [-0.39, 0.29) is 5.25 Å². The van der Waals surface area contributed by atoms with E-state index in [0.29, 0.717) is 22.5 Å². The number of halogens is 3. The number of hydrogen-bond acceptors (Lipinski definition) is 5. The van der Waals surface area contributed by atoms with Crippen molar-refractivity contribution in [2.45, 2.75) is 36.1 Å². The molecule has 1 unspecified atom stereocenters. The van der Waals surface area contributed by atoms with E-state index in [1.54, 1.807) is 0 Å². The number of aliphatic imine (C=N–C) groups is 1. The molecular formula is C13H16F3N3S2. The average molecular weight is 335 g/mol. The Morgan fingerprint density at radius 1 is 1.29 bits per heavy atom. The summed E-state index contributed by atoms with van der Waals surface area (Å²) in [6.07, 6.45) is 0.818. The van der Waals surface area contributed by atoms with Gasteiger partial charge in [-0.25, -0.2) is 9.97 Å². The molecule has 21 heavy (non-hydrogen) atoms. The van der Waals surface area contributed by atoms with E-state index in [2.05, 4.69) is 21.9 Å². The molecule has 0 amide bonds. The summed E-state index contributed by atoms with van der Waals surface area (Å²) in [5.41, 5.74) is 0.875. The number of hydrogen-bond donors (Lipinski definition) is 0. The SMILES string of the molecule is CCSC1CCCN=C1c1ncc(SCC(F)(F)F)cn1. The molecule has 2 rings (SSSR count). The quantitative estimate of drug-likeness (QED) is 0.767. The average Bonchev–Trinajstić information content (AvgIpc) is 2.46. The van der Waals surface area contributed by atoms with Crippen molar-refractivity contribution < 1.29 is 13.2 Å². The summed E-state index contributed by atoms with van der Waals surface area (Å²) < 4.78 is 36.5. The second-order valence-electron chi connectivity index (χ2n) is 4.50. The van der Waals surface area contributed by atoms with E-state index in [0.717, 1.165) is 30.9 Å². The molecule has 0 saturated carbocycles. The maximum absolute atomic E-state index is 12.2. The highest BCUT2D eigenvalue weighted by atomic mass is 32.2. The third-order valence-corrected chi connectivity index (χ3v) is 5.05. The van der Waals surface area contributed by atoms with Crippen molar-refractivity contribution in [3.8, 4) is 0 Å². The Balaban J connectivity index is 2.05. The minimum Gasteiger partial charge on any atom is -0.285 e. The summed E-state index contributed by atoms with van der Waals surface area (Å²) in [4.78, 5) is 13.3. The molecule has 1 aliphatic heterocycles. The Morgan fingerprint density at radius 3 is 2.62 bits per heavy atom. The number of thioether (sulfide) groups is 2. The first kappa shape index (κ1) is 16.6. The van der Waals surface area contributed by atoms with E-state index >= 15 is 0 Å². The molecule has 1 aromatic heterocycles. The van der Waals surface area contributed by atoms with Gasteiger partial charge in [-0.3, -0.25) is 4.99 Å². The molecule has 0 spiro atoms. The van der Waals surface area contributed by atoms with Crippen molar-refractivity contribution in [2.24, 2.45) is 4.99 Å². The Hall–Kier alpha value is -0.760. The van der Waals surface area contributed by atoms with Gasteiger partial charge in [0.1, 0.15) is 0 Å². The number of aromatic nitrogens is 2. The van der Waals surface area contributed by atoms with Crippen molar-refractivity contribution in [1.82, 2.24) is 9.97 Å². The molecule has 0 aliphatic carbocycles. The van der Waals surface area contributed by atoms with Gasteiger partial charge < -0.3 is 0 Å². The molecule has 1 aromatic rings. The van der Waals surface area contributed by atoms with Crippen LogP contribution in [0.1, 0.15) is 25.6 Å². The van der Waals surface area contributed by atoms with Crippen LogP contribution in [0.5, 0.6) is 0 Å². The minimum absolute atomic E-state index is 0.289. The van der Waals surface area contributed by atoms with E-state index in [4.69, 9.17) is 0 Å². The third-order valence-electron chi connectivity index (χ3n) is 2.84. The monoisotopic (exact) mass is 335 g/mol. The lowest BCUT2D eigenvalue weighted by Crippen LogP contribution is -2.25. The van der Waals surface area contributed by atoms with Crippen molar-refractivity contribution in [1.29, 1.82) is 0 Å². The first-order valence-corrected chi connectivity index (χ1v) is 8.71. The molecule has 0 N–H and O–H groups in total. The van der Waals surface area contributed by atoms with Gasteiger partial charge in [0.05, 0.1) is 16.7 Å². The van der Waals surface area contributed by atoms with Crippen LogP contribution >= 0.6 is 23.5 Å². The van der Waals surface area contributed by atoms with E-state index < -0.39 is 11.9 Å². The maximum atomic E-state index is 12.2. The minimum atomic E-state index is -4.18. The van der Waals surface area contributed by atoms with Crippen LogP contribution in [0.3, 0.4) is 0 Å². The van der Waals surface area contributed by atoms with Crippen LogP contribution in [-0.4, -0.2) is 45.2 Å². The van der Waals surface area contributed by atoms with Gasteiger partial charge in [-0.15, -0.1) is 11.8 Å². The van der Waals surface area contributed by atoms with Gasteiger partial charge in [0, 0.05) is 23.8 Å². The fraction of sp³-hybridized carbons (Fsp3) is 0.615. The van der Waals surface area contributed by atoms with Gasteiger partial charge >= 0.3 is 6.18 Å². The zero-order valence-electron chi connectivity index (χ0n) is 11.6.